The molecule has 5 heterocycles. The van der Waals surface area contributed by atoms with E-state index in [1.807, 2.05) is 30.7 Å². The number of pyridine rings is 3. The first kappa shape index (κ1) is 34.9. The Balaban J connectivity index is 1.13. The summed E-state index contributed by atoms with van der Waals surface area (Å²) in [6.45, 7) is 13.2. The van der Waals surface area contributed by atoms with Crippen LogP contribution < -0.4 is 4.74 Å². The van der Waals surface area contributed by atoms with Crippen LogP contribution in [0.1, 0.15) is 33.4 Å². The van der Waals surface area contributed by atoms with Gasteiger partial charge in [-0.2, -0.15) is 0 Å². The van der Waals surface area contributed by atoms with Crippen LogP contribution in [0.15, 0.2) is 140 Å². The first-order valence-corrected chi connectivity index (χ1v) is 20.2. The Hall–Kier alpha value is -7.31. The molecule has 0 spiro atoms. The zero-order valence-corrected chi connectivity index (χ0v) is 33.9. The standard InChI is InChI=1S/C53H41N5O/c1-30-11-7-12-31(2)46(30)41-22-23-44-49(50(41)48-34(5)15-9-16-35(48)6)39-21-19-37(28-43(39)51-55-25-26-57(44)51)59-36-18-20-38-40-17-10-24-54-52(40)58-45(29-56-53(58)42(38)27-36)47-32(3)13-8-14-33(47)4/h7-29H,1-6H3. The van der Waals surface area contributed by atoms with Crippen molar-refractivity contribution in [3.05, 3.63) is 173 Å². The zero-order valence-electron chi connectivity index (χ0n) is 33.9. The van der Waals surface area contributed by atoms with Gasteiger partial charge in [0.1, 0.15) is 28.4 Å². The van der Waals surface area contributed by atoms with Crippen molar-refractivity contribution in [2.75, 3.05) is 0 Å². The molecule has 0 fully saturated rings. The highest BCUT2D eigenvalue weighted by atomic mass is 16.5. The van der Waals surface area contributed by atoms with E-state index in [2.05, 4.69) is 160 Å². The van der Waals surface area contributed by atoms with Gasteiger partial charge in [-0.15, -0.1) is 0 Å². The maximum atomic E-state index is 6.81. The lowest BCUT2D eigenvalue weighted by atomic mass is 9.83. The van der Waals surface area contributed by atoms with E-state index in [9.17, 15) is 0 Å². The summed E-state index contributed by atoms with van der Waals surface area (Å²) in [4.78, 5) is 14.9. The number of hydrogen-bond acceptors (Lipinski definition) is 4. The smallest absolute Gasteiger partial charge is 0.146 e. The summed E-state index contributed by atoms with van der Waals surface area (Å²) in [7, 11) is 0. The van der Waals surface area contributed by atoms with Gasteiger partial charge < -0.3 is 4.74 Å². The van der Waals surface area contributed by atoms with Crippen LogP contribution in [0.25, 0.3) is 88.3 Å². The molecule has 59 heavy (non-hydrogen) atoms. The summed E-state index contributed by atoms with van der Waals surface area (Å²) in [6, 6.07) is 41.1. The molecular formula is C53H41N5O. The number of ether oxygens (including phenoxy) is 1. The third-order valence-corrected chi connectivity index (χ3v) is 12.3. The summed E-state index contributed by atoms with van der Waals surface area (Å²) in [5.41, 5.74) is 18.4. The molecule has 6 nitrogen and oxygen atoms in total. The van der Waals surface area contributed by atoms with E-state index in [1.165, 1.54) is 66.6 Å². The normalized spacial score (nSPS) is 11.9. The van der Waals surface area contributed by atoms with E-state index >= 15 is 0 Å². The number of benzene rings is 6. The molecule has 0 atom stereocenters. The molecule has 11 aromatic rings. The number of aromatic nitrogens is 5. The average Bonchev–Trinajstić information content (AvgIpc) is 3.91. The van der Waals surface area contributed by atoms with Crippen LogP contribution >= 0.6 is 0 Å². The molecule has 0 amide bonds. The Morgan fingerprint density at radius 3 is 1.69 bits per heavy atom. The fourth-order valence-electron chi connectivity index (χ4n) is 9.75. The third kappa shape index (κ3) is 5.22. The van der Waals surface area contributed by atoms with Gasteiger partial charge in [-0.3, -0.25) is 8.80 Å². The maximum absolute atomic E-state index is 6.81. The van der Waals surface area contributed by atoms with E-state index in [4.69, 9.17) is 19.7 Å². The van der Waals surface area contributed by atoms with Crippen LogP contribution in [0.5, 0.6) is 11.5 Å². The van der Waals surface area contributed by atoms with Gasteiger partial charge in [-0.25, -0.2) is 15.0 Å². The molecule has 6 heteroatoms. The van der Waals surface area contributed by atoms with Crippen molar-refractivity contribution < 1.29 is 4.74 Å². The number of fused-ring (bicyclic) bond motifs is 12. The molecule has 0 aliphatic heterocycles. The lowest BCUT2D eigenvalue weighted by molar-refractivity contribution is 0.484. The second kappa shape index (κ2) is 13.1. The van der Waals surface area contributed by atoms with Crippen molar-refractivity contribution in [2.24, 2.45) is 0 Å². The van der Waals surface area contributed by atoms with Crippen LogP contribution in [0, 0.1) is 41.5 Å². The molecule has 5 aromatic heterocycles. The first-order chi connectivity index (χ1) is 28.8. The van der Waals surface area contributed by atoms with E-state index < -0.39 is 0 Å². The summed E-state index contributed by atoms with van der Waals surface area (Å²) in [5.74, 6) is 1.46. The number of hydrogen-bond donors (Lipinski definition) is 0. The lowest BCUT2D eigenvalue weighted by Gasteiger charge is -2.22. The minimum absolute atomic E-state index is 0.729. The number of rotatable bonds is 5. The lowest BCUT2D eigenvalue weighted by Crippen LogP contribution is -1.99. The zero-order chi connectivity index (χ0) is 40.1. The molecule has 0 saturated heterocycles. The molecule has 0 bridgehead atoms. The fraction of sp³-hybridized carbons (Fsp3) is 0.113. The Labute approximate surface area is 342 Å². The summed E-state index contributed by atoms with van der Waals surface area (Å²) in [5, 5.41) is 6.49. The van der Waals surface area contributed by atoms with Crippen molar-refractivity contribution in [3.63, 3.8) is 0 Å². The van der Waals surface area contributed by atoms with Crippen molar-refractivity contribution in [3.8, 4) is 45.0 Å². The average molecular weight is 764 g/mol. The number of imidazole rings is 2. The molecule has 0 unspecified atom stereocenters. The van der Waals surface area contributed by atoms with Gasteiger partial charge >= 0.3 is 0 Å². The molecule has 0 radical (unpaired) electrons. The van der Waals surface area contributed by atoms with Gasteiger partial charge in [0.05, 0.1) is 17.4 Å². The molecule has 0 aliphatic rings. The molecule has 0 saturated carbocycles. The van der Waals surface area contributed by atoms with Gasteiger partial charge in [-0.1, -0.05) is 60.7 Å². The molecule has 0 aliphatic carbocycles. The molecule has 6 aromatic carbocycles. The van der Waals surface area contributed by atoms with Crippen LogP contribution in [0.3, 0.4) is 0 Å². The molecular weight excluding hydrogens is 723 g/mol. The second-order valence-corrected chi connectivity index (χ2v) is 16.0. The maximum Gasteiger partial charge on any atom is 0.146 e. The molecule has 284 valence electrons. The fourth-order valence-corrected chi connectivity index (χ4v) is 9.75. The summed E-state index contributed by atoms with van der Waals surface area (Å²) >= 11 is 0. The second-order valence-electron chi connectivity index (χ2n) is 16.0. The van der Waals surface area contributed by atoms with E-state index in [0.717, 1.165) is 66.6 Å². The van der Waals surface area contributed by atoms with Gasteiger partial charge in [0, 0.05) is 51.3 Å². The Morgan fingerprint density at radius 2 is 1.02 bits per heavy atom. The SMILES string of the molecule is Cc1cccc(C)c1-c1ccc2c(c1-c1c(C)cccc1C)c1ccc(Oc3ccc4c5cccnc5n5c(-c6c(C)cccc6C)cnc5c4c3)cc1c1nccn21. The van der Waals surface area contributed by atoms with E-state index in [-0.39, 0.29) is 0 Å². The van der Waals surface area contributed by atoms with Crippen LogP contribution in [0.4, 0.5) is 0 Å². The monoisotopic (exact) mass is 763 g/mol. The quantitative estimate of drug-likeness (QED) is 0.164. The highest BCUT2D eigenvalue weighted by Crippen LogP contribution is 2.46. The topological polar surface area (TPSA) is 56.7 Å². The molecule has 0 N–H and O–H groups in total. The van der Waals surface area contributed by atoms with Gasteiger partial charge in [-0.05, 0) is 157 Å². The Kier molecular flexibility index (Phi) is 7.76. The van der Waals surface area contributed by atoms with Crippen molar-refractivity contribution in [1.82, 2.24) is 23.8 Å². The summed E-state index contributed by atoms with van der Waals surface area (Å²) < 4.78 is 11.2. The van der Waals surface area contributed by atoms with Crippen LogP contribution in [0.2, 0.25) is 0 Å². The predicted molar refractivity (Wildman–Crippen MR) is 243 cm³/mol. The first-order valence-electron chi connectivity index (χ1n) is 20.2. The van der Waals surface area contributed by atoms with Gasteiger partial charge in [0.25, 0.3) is 0 Å². The minimum Gasteiger partial charge on any atom is -0.457 e. The van der Waals surface area contributed by atoms with Crippen molar-refractivity contribution >= 4 is 54.8 Å². The van der Waals surface area contributed by atoms with Crippen LogP contribution in [-0.2, 0) is 0 Å². The van der Waals surface area contributed by atoms with E-state index in [0.29, 0.717) is 0 Å². The predicted octanol–water partition coefficient (Wildman–Crippen LogP) is 13.6. The Bertz CT molecular complexity index is 3490. The highest BCUT2D eigenvalue weighted by molar-refractivity contribution is 6.20. The minimum atomic E-state index is 0.729. The Morgan fingerprint density at radius 1 is 0.441 bits per heavy atom. The van der Waals surface area contributed by atoms with Crippen molar-refractivity contribution in [1.29, 1.82) is 0 Å². The molecule has 11 rings (SSSR count). The van der Waals surface area contributed by atoms with Crippen molar-refractivity contribution in [2.45, 2.75) is 41.5 Å². The van der Waals surface area contributed by atoms with Gasteiger partial charge in [0.15, 0.2) is 0 Å². The van der Waals surface area contributed by atoms with Crippen LogP contribution in [-0.4, -0.2) is 23.8 Å². The van der Waals surface area contributed by atoms with Gasteiger partial charge in [0.2, 0.25) is 0 Å². The summed E-state index contributed by atoms with van der Waals surface area (Å²) in [6.07, 6.45) is 7.80. The van der Waals surface area contributed by atoms with E-state index in [1.54, 1.807) is 0 Å². The number of nitrogens with zero attached hydrogens (tertiary/aromatic N) is 5. The third-order valence-electron chi connectivity index (χ3n) is 12.3. The number of aryl methyl sites for hydroxylation is 6. The largest absolute Gasteiger partial charge is 0.457 e. The highest BCUT2D eigenvalue weighted by Gasteiger charge is 2.23.